The van der Waals surface area contributed by atoms with Gasteiger partial charge in [0.1, 0.15) is 6.61 Å². The SMILES string of the molecule is O=C(O)COCCN1CCN(Cc2ccccc2)CC1. The van der Waals surface area contributed by atoms with Crippen molar-refractivity contribution in [3.05, 3.63) is 35.9 Å². The molecule has 1 heterocycles. The number of hydrogen-bond donors (Lipinski definition) is 1. The number of carbonyl (C=O) groups is 1. The first kappa shape index (κ1) is 15.0. The molecule has 1 aliphatic heterocycles. The van der Waals surface area contributed by atoms with Crippen molar-refractivity contribution in [2.45, 2.75) is 6.54 Å². The molecule has 20 heavy (non-hydrogen) atoms. The van der Waals surface area contributed by atoms with Crippen LogP contribution >= 0.6 is 0 Å². The maximum atomic E-state index is 10.3. The summed E-state index contributed by atoms with van der Waals surface area (Å²) in [5.74, 6) is -0.905. The van der Waals surface area contributed by atoms with E-state index in [1.807, 2.05) is 6.07 Å². The molecule has 0 radical (unpaired) electrons. The summed E-state index contributed by atoms with van der Waals surface area (Å²) >= 11 is 0. The van der Waals surface area contributed by atoms with Crippen molar-refractivity contribution in [3.63, 3.8) is 0 Å². The predicted molar refractivity (Wildman–Crippen MR) is 76.6 cm³/mol. The average molecular weight is 278 g/mol. The molecular formula is C15H22N2O3. The Kier molecular flexibility index (Phi) is 5.98. The smallest absolute Gasteiger partial charge is 0.329 e. The van der Waals surface area contributed by atoms with E-state index in [1.165, 1.54) is 5.56 Å². The van der Waals surface area contributed by atoms with Crippen LogP contribution in [0.4, 0.5) is 0 Å². The lowest BCUT2D eigenvalue weighted by atomic mass is 10.2. The van der Waals surface area contributed by atoms with Gasteiger partial charge in [-0.05, 0) is 5.56 Å². The molecule has 1 aliphatic rings. The quantitative estimate of drug-likeness (QED) is 0.751. The number of ether oxygens (including phenoxy) is 1. The fourth-order valence-electron chi connectivity index (χ4n) is 2.37. The summed E-state index contributed by atoms with van der Waals surface area (Å²) < 4.78 is 5.07. The second-order valence-corrected chi connectivity index (χ2v) is 5.05. The summed E-state index contributed by atoms with van der Waals surface area (Å²) in [5.41, 5.74) is 1.35. The highest BCUT2D eigenvalue weighted by Crippen LogP contribution is 2.08. The zero-order valence-electron chi connectivity index (χ0n) is 11.7. The fraction of sp³-hybridized carbons (Fsp3) is 0.533. The summed E-state index contributed by atoms with van der Waals surface area (Å²) in [4.78, 5) is 15.1. The molecule has 0 unspecified atom stereocenters. The molecule has 1 aromatic carbocycles. The lowest BCUT2D eigenvalue weighted by molar-refractivity contribution is -0.142. The van der Waals surface area contributed by atoms with Crippen LogP contribution in [0, 0.1) is 0 Å². The highest BCUT2D eigenvalue weighted by atomic mass is 16.5. The van der Waals surface area contributed by atoms with Crippen LogP contribution < -0.4 is 0 Å². The Morgan fingerprint density at radius 2 is 1.75 bits per heavy atom. The van der Waals surface area contributed by atoms with Crippen LogP contribution in [0.3, 0.4) is 0 Å². The van der Waals surface area contributed by atoms with Crippen LogP contribution in [0.2, 0.25) is 0 Å². The number of carboxylic acid groups (broad SMARTS) is 1. The molecule has 5 nitrogen and oxygen atoms in total. The molecule has 1 saturated heterocycles. The molecule has 1 fully saturated rings. The lowest BCUT2D eigenvalue weighted by Gasteiger charge is -2.34. The Morgan fingerprint density at radius 1 is 1.10 bits per heavy atom. The van der Waals surface area contributed by atoms with Crippen molar-refractivity contribution in [2.75, 3.05) is 45.9 Å². The first-order chi connectivity index (χ1) is 9.74. The molecule has 0 bridgehead atoms. The first-order valence-electron chi connectivity index (χ1n) is 7.02. The molecule has 0 aliphatic carbocycles. The summed E-state index contributed by atoms with van der Waals surface area (Å²) in [6.07, 6.45) is 0. The Morgan fingerprint density at radius 3 is 2.40 bits per heavy atom. The Labute approximate surface area is 119 Å². The molecule has 2 rings (SSSR count). The van der Waals surface area contributed by atoms with Gasteiger partial charge < -0.3 is 9.84 Å². The van der Waals surface area contributed by atoms with Crippen LogP contribution in [-0.4, -0.2) is 66.8 Å². The van der Waals surface area contributed by atoms with Crippen molar-refractivity contribution < 1.29 is 14.6 Å². The minimum Gasteiger partial charge on any atom is -0.480 e. The molecule has 5 heteroatoms. The van der Waals surface area contributed by atoms with Crippen LogP contribution in [0.25, 0.3) is 0 Å². The fourth-order valence-corrected chi connectivity index (χ4v) is 2.37. The number of nitrogens with zero attached hydrogens (tertiary/aromatic N) is 2. The van der Waals surface area contributed by atoms with Gasteiger partial charge in [-0.15, -0.1) is 0 Å². The summed E-state index contributed by atoms with van der Waals surface area (Å²) in [6.45, 7) is 6.24. The van der Waals surface area contributed by atoms with Crippen LogP contribution in [0.1, 0.15) is 5.56 Å². The highest BCUT2D eigenvalue weighted by Gasteiger charge is 2.16. The molecule has 0 spiro atoms. The van der Waals surface area contributed by atoms with E-state index in [4.69, 9.17) is 9.84 Å². The topological polar surface area (TPSA) is 53.0 Å². The van der Waals surface area contributed by atoms with Gasteiger partial charge in [0.25, 0.3) is 0 Å². The molecule has 0 aromatic heterocycles. The highest BCUT2D eigenvalue weighted by molar-refractivity contribution is 5.67. The number of rotatable bonds is 7. The van der Waals surface area contributed by atoms with E-state index in [2.05, 4.69) is 34.1 Å². The summed E-state index contributed by atoms with van der Waals surface area (Å²) in [6, 6.07) is 10.5. The molecule has 1 N–H and O–H groups in total. The van der Waals surface area contributed by atoms with E-state index in [1.54, 1.807) is 0 Å². The van der Waals surface area contributed by atoms with Gasteiger partial charge in [0.15, 0.2) is 0 Å². The van der Waals surface area contributed by atoms with Gasteiger partial charge in [0.05, 0.1) is 6.61 Å². The van der Waals surface area contributed by atoms with Crippen molar-refractivity contribution in [2.24, 2.45) is 0 Å². The van der Waals surface area contributed by atoms with E-state index in [0.29, 0.717) is 6.61 Å². The number of carboxylic acids is 1. The zero-order chi connectivity index (χ0) is 14.2. The van der Waals surface area contributed by atoms with E-state index in [0.717, 1.165) is 39.3 Å². The second-order valence-electron chi connectivity index (χ2n) is 5.05. The number of piperazine rings is 1. The van der Waals surface area contributed by atoms with Gasteiger partial charge in [-0.1, -0.05) is 30.3 Å². The Balaban J connectivity index is 1.61. The van der Waals surface area contributed by atoms with Crippen molar-refractivity contribution >= 4 is 5.97 Å². The van der Waals surface area contributed by atoms with E-state index >= 15 is 0 Å². The molecule has 1 aromatic rings. The maximum Gasteiger partial charge on any atom is 0.329 e. The first-order valence-corrected chi connectivity index (χ1v) is 7.02. The van der Waals surface area contributed by atoms with Crippen LogP contribution in [0.15, 0.2) is 30.3 Å². The number of aliphatic carboxylic acids is 1. The van der Waals surface area contributed by atoms with E-state index < -0.39 is 5.97 Å². The van der Waals surface area contributed by atoms with E-state index in [9.17, 15) is 4.79 Å². The Bertz CT molecular complexity index is 403. The normalized spacial score (nSPS) is 17.2. The average Bonchev–Trinajstić information content (AvgIpc) is 2.46. The van der Waals surface area contributed by atoms with Gasteiger partial charge in [0, 0.05) is 39.3 Å². The molecule has 0 amide bonds. The van der Waals surface area contributed by atoms with Gasteiger partial charge in [-0.2, -0.15) is 0 Å². The van der Waals surface area contributed by atoms with Crippen molar-refractivity contribution in [3.8, 4) is 0 Å². The largest absolute Gasteiger partial charge is 0.480 e. The molecule has 110 valence electrons. The second kappa shape index (κ2) is 7.99. The van der Waals surface area contributed by atoms with Gasteiger partial charge >= 0.3 is 5.97 Å². The standard InChI is InChI=1S/C15H22N2O3/c18-15(19)13-20-11-10-16-6-8-17(9-7-16)12-14-4-2-1-3-5-14/h1-5H,6-13H2,(H,18,19). The lowest BCUT2D eigenvalue weighted by Crippen LogP contribution is -2.46. The predicted octanol–water partition coefficient (Wildman–Crippen LogP) is 0.905. The van der Waals surface area contributed by atoms with Crippen LogP contribution in [0.5, 0.6) is 0 Å². The molecule has 0 atom stereocenters. The number of hydrogen-bond acceptors (Lipinski definition) is 4. The van der Waals surface area contributed by atoms with E-state index in [-0.39, 0.29) is 6.61 Å². The summed E-state index contributed by atoms with van der Waals surface area (Å²) in [7, 11) is 0. The maximum absolute atomic E-state index is 10.3. The third kappa shape index (κ3) is 5.28. The van der Waals surface area contributed by atoms with Crippen molar-refractivity contribution in [1.29, 1.82) is 0 Å². The minimum absolute atomic E-state index is 0.200. The van der Waals surface area contributed by atoms with Gasteiger partial charge in [-0.3, -0.25) is 9.80 Å². The molecular weight excluding hydrogens is 256 g/mol. The monoisotopic (exact) mass is 278 g/mol. The molecule has 0 saturated carbocycles. The third-order valence-electron chi connectivity index (χ3n) is 3.49. The van der Waals surface area contributed by atoms with Crippen molar-refractivity contribution in [1.82, 2.24) is 9.80 Å². The van der Waals surface area contributed by atoms with Crippen LogP contribution in [-0.2, 0) is 16.1 Å². The number of benzene rings is 1. The Hall–Kier alpha value is -1.43. The summed E-state index contributed by atoms with van der Waals surface area (Å²) in [5, 5.41) is 8.48. The third-order valence-corrected chi connectivity index (χ3v) is 3.49. The minimum atomic E-state index is -0.905. The van der Waals surface area contributed by atoms with Gasteiger partial charge in [-0.25, -0.2) is 4.79 Å². The zero-order valence-corrected chi connectivity index (χ0v) is 11.7. The van der Waals surface area contributed by atoms with Gasteiger partial charge in [0.2, 0.25) is 0 Å².